The van der Waals surface area contributed by atoms with Crippen molar-refractivity contribution in [2.75, 3.05) is 0 Å². The van der Waals surface area contributed by atoms with E-state index in [1.165, 1.54) is 0 Å². The predicted molar refractivity (Wildman–Crippen MR) is 70.0 cm³/mol. The Labute approximate surface area is 112 Å². The zero-order valence-electron chi connectivity index (χ0n) is 6.56. The quantitative estimate of drug-likeness (QED) is 0.372. The third kappa shape index (κ3) is 1.98. The van der Waals surface area contributed by atoms with Gasteiger partial charge in [0.15, 0.2) is 0 Å². The van der Waals surface area contributed by atoms with Gasteiger partial charge >= 0.3 is 0 Å². The first-order chi connectivity index (χ1) is 6.58. The monoisotopic (exact) mass is 402 g/mol. The van der Waals surface area contributed by atoms with Crippen molar-refractivity contribution in [3.8, 4) is 0 Å². The maximum absolute atomic E-state index is 5.95. The van der Waals surface area contributed by atoms with E-state index in [9.17, 15) is 0 Å². The van der Waals surface area contributed by atoms with Gasteiger partial charge < -0.3 is 0 Å². The van der Waals surface area contributed by atoms with Crippen molar-refractivity contribution in [3.63, 3.8) is 0 Å². The van der Waals surface area contributed by atoms with Crippen LogP contribution in [-0.2, 0) is 0 Å². The molecule has 0 fully saturated rings. The van der Waals surface area contributed by atoms with Crippen LogP contribution in [0, 0.1) is 3.57 Å². The van der Waals surface area contributed by atoms with Crippen LogP contribution in [-0.4, -0.2) is 9.97 Å². The fourth-order valence-electron chi connectivity index (χ4n) is 1.10. The molecule has 0 aliphatic carbocycles. The summed E-state index contributed by atoms with van der Waals surface area (Å²) in [6.07, 6.45) is 0. The van der Waals surface area contributed by atoms with Crippen LogP contribution in [0.3, 0.4) is 0 Å². The van der Waals surface area contributed by atoms with Gasteiger partial charge in [-0.25, -0.2) is 9.97 Å². The van der Waals surface area contributed by atoms with Gasteiger partial charge in [-0.3, -0.25) is 0 Å². The molecule has 1 heterocycles. The number of halogens is 4. The Morgan fingerprint density at radius 3 is 2.64 bits per heavy atom. The zero-order valence-corrected chi connectivity index (χ0v) is 11.8. The number of hydrogen-bond donors (Lipinski definition) is 0. The van der Waals surface area contributed by atoms with Gasteiger partial charge in [0, 0.05) is 13.4 Å². The number of fused-ring (bicyclic) bond motifs is 1. The molecule has 0 radical (unpaired) electrons. The van der Waals surface area contributed by atoms with Gasteiger partial charge in [-0.1, -0.05) is 27.5 Å². The molecular weight excluding hydrogens is 402 g/mol. The summed E-state index contributed by atoms with van der Waals surface area (Å²) in [4.78, 5) is 8.00. The third-order valence-electron chi connectivity index (χ3n) is 1.64. The molecule has 0 unspecified atom stereocenters. The maximum Gasteiger partial charge on any atom is 0.224 e. The van der Waals surface area contributed by atoms with Crippen LogP contribution in [0.2, 0.25) is 10.4 Å². The average Bonchev–Trinajstić information content (AvgIpc) is 2.07. The van der Waals surface area contributed by atoms with Crippen LogP contribution in [0.25, 0.3) is 10.9 Å². The molecule has 0 saturated heterocycles. The summed E-state index contributed by atoms with van der Waals surface area (Å²) in [6.45, 7) is 0. The van der Waals surface area contributed by atoms with E-state index in [2.05, 4.69) is 48.5 Å². The number of nitrogens with zero attached hydrogens (tertiary/aromatic N) is 2. The van der Waals surface area contributed by atoms with E-state index in [1.54, 1.807) is 0 Å². The minimum absolute atomic E-state index is 0.169. The molecule has 2 nitrogen and oxygen atoms in total. The second-order valence-corrected chi connectivity index (χ2v) is 5.34. The number of rotatable bonds is 0. The molecule has 0 amide bonds. The summed E-state index contributed by atoms with van der Waals surface area (Å²) >= 11 is 17.2. The van der Waals surface area contributed by atoms with Gasteiger partial charge in [0.25, 0.3) is 0 Å². The molecule has 1 aromatic heterocycles. The highest BCUT2D eigenvalue weighted by molar-refractivity contribution is 14.1. The molecule has 0 aliphatic rings. The van der Waals surface area contributed by atoms with Crippen LogP contribution in [0.15, 0.2) is 16.6 Å². The van der Waals surface area contributed by atoms with Gasteiger partial charge in [0.05, 0.1) is 5.52 Å². The number of benzene rings is 1. The first-order valence-corrected chi connectivity index (χ1v) is 6.18. The lowest BCUT2D eigenvalue weighted by molar-refractivity contribution is 1.22. The molecule has 1 aromatic carbocycles. The van der Waals surface area contributed by atoms with Crippen LogP contribution < -0.4 is 0 Å². The maximum atomic E-state index is 5.95. The molecule has 6 heteroatoms. The van der Waals surface area contributed by atoms with E-state index in [1.807, 2.05) is 12.1 Å². The normalized spacial score (nSPS) is 10.9. The lowest BCUT2D eigenvalue weighted by Crippen LogP contribution is -1.89. The van der Waals surface area contributed by atoms with E-state index >= 15 is 0 Å². The van der Waals surface area contributed by atoms with Gasteiger partial charge in [-0.05, 0) is 46.3 Å². The van der Waals surface area contributed by atoms with E-state index in [4.69, 9.17) is 23.2 Å². The van der Waals surface area contributed by atoms with Gasteiger partial charge in [0.1, 0.15) is 5.15 Å². The Balaban J connectivity index is 2.94. The van der Waals surface area contributed by atoms with Crippen molar-refractivity contribution in [1.29, 1.82) is 0 Å². The number of hydrogen-bond acceptors (Lipinski definition) is 2. The molecule has 0 saturated carbocycles. The van der Waals surface area contributed by atoms with Crippen molar-refractivity contribution in [2.24, 2.45) is 0 Å². The fraction of sp³-hybridized carbons (Fsp3) is 0. The standard InChI is InChI=1S/C8H2BrCl2IN2/c9-3-1-4-6(5(12)2-3)13-8(11)14-7(4)10/h1-2H. The van der Waals surface area contributed by atoms with Crippen molar-refractivity contribution in [1.82, 2.24) is 9.97 Å². The largest absolute Gasteiger partial charge is 0.224 e. The predicted octanol–water partition coefficient (Wildman–Crippen LogP) is 4.30. The highest BCUT2D eigenvalue weighted by Gasteiger charge is 2.08. The van der Waals surface area contributed by atoms with Crippen molar-refractivity contribution < 1.29 is 0 Å². The SMILES string of the molecule is Clc1nc(Cl)c2cc(Br)cc(I)c2n1. The molecule has 0 bridgehead atoms. The van der Waals surface area contributed by atoms with Crippen molar-refractivity contribution in [2.45, 2.75) is 0 Å². The second-order valence-electron chi connectivity index (χ2n) is 2.57. The van der Waals surface area contributed by atoms with Crippen molar-refractivity contribution >= 4 is 72.6 Å². The summed E-state index contributed by atoms with van der Waals surface area (Å²) in [6, 6.07) is 3.82. The third-order valence-corrected chi connectivity index (χ3v) is 3.38. The Hall–Kier alpha value is 0.350. The molecule has 72 valence electrons. The van der Waals surface area contributed by atoms with Gasteiger partial charge in [-0.15, -0.1) is 0 Å². The lowest BCUT2D eigenvalue weighted by Gasteiger charge is -2.03. The van der Waals surface area contributed by atoms with Gasteiger partial charge in [0.2, 0.25) is 5.28 Å². The molecular formula is C8H2BrCl2IN2. The summed E-state index contributed by atoms with van der Waals surface area (Å²) in [7, 11) is 0. The van der Waals surface area contributed by atoms with Crippen LogP contribution in [0.5, 0.6) is 0 Å². The Bertz CT molecular complexity index is 471. The Morgan fingerprint density at radius 2 is 1.93 bits per heavy atom. The molecule has 0 spiro atoms. The topological polar surface area (TPSA) is 25.8 Å². The first-order valence-electron chi connectivity index (χ1n) is 3.56. The minimum atomic E-state index is 0.169. The Morgan fingerprint density at radius 1 is 1.21 bits per heavy atom. The summed E-state index contributed by atoms with van der Waals surface area (Å²) in [5, 5.41) is 1.34. The van der Waals surface area contributed by atoms with Gasteiger partial charge in [-0.2, -0.15) is 0 Å². The zero-order chi connectivity index (χ0) is 10.3. The molecule has 2 aromatic rings. The summed E-state index contributed by atoms with van der Waals surface area (Å²) in [5.41, 5.74) is 0.777. The van der Waals surface area contributed by atoms with E-state index in [-0.39, 0.29) is 5.28 Å². The minimum Gasteiger partial charge on any atom is -0.217 e. The molecule has 14 heavy (non-hydrogen) atoms. The highest BCUT2D eigenvalue weighted by atomic mass is 127. The molecule has 0 aliphatic heterocycles. The van der Waals surface area contributed by atoms with E-state index in [0.29, 0.717) is 5.15 Å². The average molecular weight is 404 g/mol. The van der Waals surface area contributed by atoms with Crippen LogP contribution in [0.1, 0.15) is 0 Å². The lowest BCUT2D eigenvalue weighted by atomic mass is 10.2. The van der Waals surface area contributed by atoms with Crippen molar-refractivity contribution in [3.05, 3.63) is 30.6 Å². The van der Waals surface area contributed by atoms with E-state index in [0.717, 1.165) is 18.9 Å². The van der Waals surface area contributed by atoms with Crippen LogP contribution >= 0.6 is 61.7 Å². The van der Waals surface area contributed by atoms with Crippen LogP contribution in [0.4, 0.5) is 0 Å². The Kier molecular flexibility index (Phi) is 3.16. The highest BCUT2D eigenvalue weighted by Crippen LogP contribution is 2.29. The fourth-order valence-corrected chi connectivity index (χ4v) is 3.16. The molecule has 0 N–H and O–H groups in total. The molecule has 2 rings (SSSR count). The number of aromatic nitrogens is 2. The summed E-state index contributed by atoms with van der Waals surface area (Å²) in [5.74, 6) is 0. The molecule has 0 atom stereocenters. The summed E-state index contributed by atoms with van der Waals surface area (Å²) < 4.78 is 1.93. The first kappa shape index (κ1) is 10.9. The second kappa shape index (κ2) is 4.08. The van der Waals surface area contributed by atoms with E-state index < -0.39 is 0 Å². The smallest absolute Gasteiger partial charge is 0.217 e.